The second-order valence-electron chi connectivity index (χ2n) is 5.85. The third kappa shape index (κ3) is 1.45. The molecule has 1 saturated heterocycles. The molecule has 0 aromatic heterocycles. The average Bonchev–Trinajstić information content (AvgIpc) is 3.16. The molecule has 2 heteroatoms. The van der Waals surface area contributed by atoms with Crippen LogP contribution in [0.15, 0.2) is 43.0 Å². The molecule has 1 aliphatic heterocycles. The topological polar surface area (TPSA) is 20.3 Å². The lowest BCUT2D eigenvalue weighted by molar-refractivity contribution is -0.133. The third-order valence-electron chi connectivity index (χ3n) is 4.73. The van der Waals surface area contributed by atoms with Crippen LogP contribution >= 0.6 is 0 Å². The Morgan fingerprint density at radius 2 is 2.00 bits per heavy atom. The van der Waals surface area contributed by atoms with Crippen molar-refractivity contribution in [3.8, 4) is 0 Å². The van der Waals surface area contributed by atoms with E-state index in [2.05, 4.69) is 25.6 Å². The van der Waals surface area contributed by atoms with Crippen molar-refractivity contribution in [2.24, 2.45) is 10.8 Å². The van der Waals surface area contributed by atoms with Gasteiger partial charge < -0.3 is 4.90 Å². The van der Waals surface area contributed by atoms with E-state index in [4.69, 9.17) is 0 Å². The molecule has 1 aliphatic carbocycles. The lowest BCUT2D eigenvalue weighted by Crippen LogP contribution is -2.27. The van der Waals surface area contributed by atoms with E-state index in [0.29, 0.717) is 5.91 Å². The Kier molecular flexibility index (Phi) is 2.37. The van der Waals surface area contributed by atoms with Crippen LogP contribution < -0.4 is 0 Å². The van der Waals surface area contributed by atoms with E-state index in [1.54, 1.807) is 0 Å². The number of hydrogen-bond acceptors (Lipinski definition) is 1. The van der Waals surface area contributed by atoms with Crippen molar-refractivity contribution in [1.82, 2.24) is 4.90 Å². The molecule has 2 aliphatic rings. The standard InChI is InChI=1S/C16H19NO/c1-3-15(2)12-17(14(18)16(15)9-10-16)11-13-7-5-4-6-8-13/h3-8H,1,9-12H2,2H3. The van der Waals surface area contributed by atoms with Gasteiger partial charge in [-0.2, -0.15) is 0 Å². The molecule has 0 radical (unpaired) electrons. The molecule has 1 atom stereocenters. The molecule has 1 aromatic carbocycles. The predicted molar refractivity (Wildman–Crippen MR) is 71.8 cm³/mol. The van der Waals surface area contributed by atoms with Gasteiger partial charge in [0.2, 0.25) is 5.91 Å². The minimum atomic E-state index is -0.121. The number of likely N-dealkylation sites (tertiary alicyclic amines) is 1. The summed E-state index contributed by atoms with van der Waals surface area (Å²) in [4.78, 5) is 14.6. The Morgan fingerprint density at radius 3 is 2.50 bits per heavy atom. The molecule has 0 N–H and O–H groups in total. The van der Waals surface area contributed by atoms with E-state index in [0.717, 1.165) is 25.9 Å². The summed E-state index contributed by atoms with van der Waals surface area (Å²) in [5, 5.41) is 0. The summed E-state index contributed by atoms with van der Waals surface area (Å²) in [7, 11) is 0. The molecular formula is C16H19NO. The van der Waals surface area contributed by atoms with Gasteiger partial charge in [-0.05, 0) is 18.4 Å². The van der Waals surface area contributed by atoms with Crippen molar-refractivity contribution in [2.45, 2.75) is 26.3 Å². The van der Waals surface area contributed by atoms with Gasteiger partial charge in [-0.15, -0.1) is 6.58 Å². The van der Waals surface area contributed by atoms with E-state index in [1.165, 1.54) is 5.56 Å². The van der Waals surface area contributed by atoms with Gasteiger partial charge in [0.15, 0.2) is 0 Å². The Bertz CT molecular complexity index is 489. The minimum absolute atomic E-state index is 0.0428. The average molecular weight is 241 g/mol. The van der Waals surface area contributed by atoms with Crippen LogP contribution in [0.2, 0.25) is 0 Å². The highest BCUT2D eigenvalue weighted by Gasteiger charge is 2.66. The lowest BCUT2D eigenvalue weighted by atomic mass is 9.77. The van der Waals surface area contributed by atoms with Crippen molar-refractivity contribution >= 4 is 5.91 Å². The van der Waals surface area contributed by atoms with Crippen molar-refractivity contribution in [1.29, 1.82) is 0 Å². The zero-order chi connectivity index (χ0) is 12.8. The molecular weight excluding hydrogens is 222 g/mol. The Hall–Kier alpha value is -1.57. The number of carbonyl (C=O) groups excluding carboxylic acids is 1. The molecule has 1 spiro atoms. The second-order valence-corrected chi connectivity index (χ2v) is 5.85. The van der Waals surface area contributed by atoms with Crippen molar-refractivity contribution < 1.29 is 4.79 Å². The first-order valence-corrected chi connectivity index (χ1v) is 6.58. The van der Waals surface area contributed by atoms with Gasteiger partial charge >= 0.3 is 0 Å². The van der Waals surface area contributed by atoms with Crippen LogP contribution in [0.4, 0.5) is 0 Å². The van der Waals surface area contributed by atoms with Crippen molar-refractivity contribution in [3.05, 3.63) is 48.6 Å². The quantitative estimate of drug-likeness (QED) is 0.745. The fourth-order valence-electron chi connectivity index (χ4n) is 3.27. The Morgan fingerprint density at radius 1 is 1.33 bits per heavy atom. The monoisotopic (exact) mass is 241 g/mol. The first-order chi connectivity index (χ1) is 8.61. The highest BCUT2D eigenvalue weighted by atomic mass is 16.2. The van der Waals surface area contributed by atoms with Crippen LogP contribution in [-0.2, 0) is 11.3 Å². The molecule has 1 unspecified atom stereocenters. The zero-order valence-corrected chi connectivity index (χ0v) is 10.9. The van der Waals surface area contributed by atoms with E-state index in [1.807, 2.05) is 29.2 Å². The second kappa shape index (κ2) is 3.71. The van der Waals surface area contributed by atoms with Gasteiger partial charge in [-0.25, -0.2) is 0 Å². The van der Waals surface area contributed by atoms with Crippen LogP contribution in [0.5, 0.6) is 0 Å². The summed E-state index contributed by atoms with van der Waals surface area (Å²) < 4.78 is 0. The summed E-state index contributed by atoms with van der Waals surface area (Å²) in [6.45, 7) is 7.66. The maximum absolute atomic E-state index is 12.5. The van der Waals surface area contributed by atoms with Gasteiger partial charge in [0.1, 0.15) is 0 Å². The SMILES string of the molecule is C=CC1(C)CN(Cc2ccccc2)C(=O)C12CC2. The highest BCUT2D eigenvalue weighted by Crippen LogP contribution is 2.64. The molecule has 94 valence electrons. The van der Waals surface area contributed by atoms with E-state index >= 15 is 0 Å². The summed E-state index contributed by atoms with van der Waals surface area (Å²) in [5.41, 5.74) is 1.04. The first kappa shape index (κ1) is 11.5. The van der Waals surface area contributed by atoms with Crippen LogP contribution in [-0.4, -0.2) is 17.4 Å². The van der Waals surface area contributed by atoms with Crippen LogP contribution in [0.1, 0.15) is 25.3 Å². The fraction of sp³-hybridized carbons (Fsp3) is 0.438. The normalized spacial score (nSPS) is 28.7. The fourth-order valence-corrected chi connectivity index (χ4v) is 3.27. The van der Waals surface area contributed by atoms with Gasteiger partial charge in [-0.1, -0.05) is 43.3 Å². The third-order valence-corrected chi connectivity index (χ3v) is 4.73. The summed E-state index contributed by atoms with van der Waals surface area (Å²) in [5.74, 6) is 0.328. The molecule has 2 nitrogen and oxygen atoms in total. The van der Waals surface area contributed by atoms with Crippen molar-refractivity contribution in [3.63, 3.8) is 0 Å². The molecule has 1 amide bonds. The van der Waals surface area contributed by atoms with Crippen molar-refractivity contribution in [2.75, 3.05) is 6.54 Å². The summed E-state index contributed by atoms with van der Waals surface area (Å²) in [6, 6.07) is 10.2. The zero-order valence-electron chi connectivity index (χ0n) is 10.9. The van der Waals surface area contributed by atoms with Gasteiger partial charge in [0.25, 0.3) is 0 Å². The molecule has 1 saturated carbocycles. The number of amides is 1. The van der Waals surface area contributed by atoms with E-state index < -0.39 is 0 Å². The number of carbonyl (C=O) groups is 1. The molecule has 0 bridgehead atoms. The lowest BCUT2D eigenvalue weighted by Gasteiger charge is -2.24. The van der Waals surface area contributed by atoms with Gasteiger partial charge in [-0.3, -0.25) is 4.79 Å². The predicted octanol–water partition coefficient (Wildman–Crippen LogP) is 3.00. The van der Waals surface area contributed by atoms with E-state index in [9.17, 15) is 4.79 Å². The molecule has 1 aromatic rings. The molecule has 3 rings (SSSR count). The first-order valence-electron chi connectivity index (χ1n) is 6.58. The maximum atomic E-state index is 12.5. The largest absolute Gasteiger partial charge is 0.337 e. The minimum Gasteiger partial charge on any atom is -0.337 e. The Balaban J connectivity index is 1.84. The maximum Gasteiger partial charge on any atom is 0.230 e. The highest BCUT2D eigenvalue weighted by molar-refractivity contribution is 5.89. The summed E-state index contributed by atoms with van der Waals surface area (Å²) in [6.07, 6.45) is 4.04. The molecule has 2 fully saturated rings. The van der Waals surface area contributed by atoms with Gasteiger partial charge in [0, 0.05) is 18.5 Å². The Labute approximate surface area is 108 Å². The van der Waals surface area contributed by atoms with Crippen LogP contribution in [0.3, 0.4) is 0 Å². The number of rotatable bonds is 3. The number of nitrogens with zero attached hydrogens (tertiary/aromatic N) is 1. The van der Waals surface area contributed by atoms with Crippen LogP contribution in [0.25, 0.3) is 0 Å². The van der Waals surface area contributed by atoms with Gasteiger partial charge in [0.05, 0.1) is 5.41 Å². The molecule has 18 heavy (non-hydrogen) atoms. The number of benzene rings is 1. The number of hydrogen-bond donors (Lipinski definition) is 0. The summed E-state index contributed by atoms with van der Waals surface area (Å²) >= 11 is 0. The molecule has 1 heterocycles. The van der Waals surface area contributed by atoms with Crippen LogP contribution in [0, 0.1) is 10.8 Å². The van der Waals surface area contributed by atoms with E-state index in [-0.39, 0.29) is 10.8 Å². The smallest absolute Gasteiger partial charge is 0.230 e.